The first-order valence-electron chi connectivity index (χ1n) is 5.48. The molecule has 1 atom stereocenters. The number of ether oxygens (including phenoxy) is 1. The van der Waals surface area contributed by atoms with E-state index >= 15 is 0 Å². The van der Waals surface area contributed by atoms with Gasteiger partial charge in [0.1, 0.15) is 0 Å². The van der Waals surface area contributed by atoms with E-state index < -0.39 is 10.0 Å². The molecule has 0 saturated carbocycles. The number of anilines is 1. The summed E-state index contributed by atoms with van der Waals surface area (Å²) in [5.74, 6) is 5.26. The Morgan fingerprint density at radius 1 is 1.56 bits per heavy atom. The van der Waals surface area contributed by atoms with Crippen LogP contribution in [0.25, 0.3) is 0 Å². The van der Waals surface area contributed by atoms with Gasteiger partial charge < -0.3 is 10.2 Å². The number of hydrazine groups is 1. The van der Waals surface area contributed by atoms with Gasteiger partial charge in [-0.25, -0.2) is 18.1 Å². The fraction of sp³-hybridized carbons (Fsp3) is 0.500. The molecule has 7 nitrogen and oxygen atoms in total. The van der Waals surface area contributed by atoms with Crippen molar-refractivity contribution >= 4 is 15.7 Å². The number of nitrogens with two attached hydrogens (primary N) is 1. The number of hydrogen-bond acceptors (Lipinski definition) is 6. The molecular weight excluding hydrogens is 256 g/mol. The Kier molecular flexibility index (Phi) is 5.48. The SMILES string of the molecule is CCC(COC)NS(=O)(=O)c1ncccc1NN. The van der Waals surface area contributed by atoms with Crippen LogP contribution in [0.1, 0.15) is 13.3 Å². The molecule has 1 unspecified atom stereocenters. The van der Waals surface area contributed by atoms with Crippen molar-refractivity contribution in [3.63, 3.8) is 0 Å². The number of nitrogens with one attached hydrogen (secondary N) is 2. The van der Waals surface area contributed by atoms with Gasteiger partial charge in [0.2, 0.25) is 0 Å². The molecule has 1 aromatic rings. The van der Waals surface area contributed by atoms with Gasteiger partial charge in [-0.05, 0) is 18.6 Å². The monoisotopic (exact) mass is 274 g/mol. The van der Waals surface area contributed by atoms with E-state index in [1.165, 1.54) is 13.3 Å². The Morgan fingerprint density at radius 3 is 2.83 bits per heavy atom. The summed E-state index contributed by atoms with van der Waals surface area (Å²) in [6, 6.07) is 2.84. The van der Waals surface area contributed by atoms with Crippen LogP contribution in [0.2, 0.25) is 0 Å². The zero-order valence-corrected chi connectivity index (χ0v) is 11.2. The highest BCUT2D eigenvalue weighted by Crippen LogP contribution is 2.17. The Labute approximate surface area is 107 Å². The normalized spacial score (nSPS) is 13.3. The summed E-state index contributed by atoms with van der Waals surface area (Å²) in [6.45, 7) is 2.17. The van der Waals surface area contributed by atoms with Gasteiger partial charge in [0.05, 0.1) is 12.3 Å². The van der Waals surface area contributed by atoms with E-state index in [1.54, 1.807) is 12.1 Å². The fourth-order valence-electron chi connectivity index (χ4n) is 1.43. The molecule has 0 fully saturated rings. The van der Waals surface area contributed by atoms with Crippen LogP contribution in [-0.4, -0.2) is 33.2 Å². The maximum atomic E-state index is 12.1. The van der Waals surface area contributed by atoms with E-state index in [0.717, 1.165) is 0 Å². The summed E-state index contributed by atoms with van der Waals surface area (Å²) in [4.78, 5) is 3.83. The standard InChI is InChI=1S/C10H18N4O3S/c1-3-8(7-17-2)14-18(15,16)10-9(13-11)5-4-6-12-10/h4-6,8,13-14H,3,7,11H2,1-2H3. The fourth-order valence-corrected chi connectivity index (χ4v) is 2.83. The minimum Gasteiger partial charge on any atom is -0.383 e. The lowest BCUT2D eigenvalue weighted by molar-refractivity contribution is 0.173. The molecule has 0 aliphatic rings. The third-order valence-electron chi connectivity index (χ3n) is 2.36. The molecule has 1 rings (SSSR count). The number of pyridine rings is 1. The van der Waals surface area contributed by atoms with E-state index in [4.69, 9.17) is 10.6 Å². The zero-order chi connectivity index (χ0) is 13.6. The third-order valence-corrected chi connectivity index (χ3v) is 3.84. The first-order chi connectivity index (χ1) is 8.55. The van der Waals surface area contributed by atoms with Crippen molar-refractivity contribution in [2.75, 3.05) is 19.1 Å². The number of nitrogens with zero attached hydrogens (tertiary/aromatic N) is 1. The minimum atomic E-state index is -3.72. The molecule has 102 valence electrons. The molecule has 1 aromatic heterocycles. The van der Waals surface area contributed by atoms with Crippen LogP contribution in [0.5, 0.6) is 0 Å². The summed E-state index contributed by atoms with van der Waals surface area (Å²) < 4.78 is 31.7. The molecular formula is C10H18N4O3S. The number of sulfonamides is 1. The van der Waals surface area contributed by atoms with Crippen LogP contribution in [0, 0.1) is 0 Å². The molecule has 0 aliphatic heterocycles. The molecule has 0 spiro atoms. The molecule has 0 aromatic carbocycles. The van der Waals surface area contributed by atoms with Gasteiger partial charge in [-0.3, -0.25) is 5.84 Å². The van der Waals surface area contributed by atoms with Crippen molar-refractivity contribution in [3.05, 3.63) is 18.3 Å². The van der Waals surface area contributed by atoms with Gasteiger partial charge in [-0.2, -0.15) is 0 Å². The smallest absolute Gasteiger partial charge is 0.260 e. The van der Waals surface area contributed by atoms with Crippen molar-refractivity contribution in [2.24, 2.45) is 5.84 Å². The van der Waals surface area contributed by atoms with Crippen molar-refractivity contribution < 1.29 is 13.2 Å². The second-order valence-corrected chi connectivity index (χ2v) is 5.31. The summed E-state index contributed by atoms with van der Waals surface area (Å²) in [5, 5.41) is -0.123. The van der Waals surface area contributed by atoms with Crippen molar-refractivity contribution in [2.45, 2.75) is 24.4 Å². The second kappa shape index (κ2) is 6.64. The Balaban J connectivity index is 2.98. The lowest BCUT2D eigenvalue weighted by atomic mass is 10.3. The predicted molar refractivity (Wildman–Crippen MR) is 68.3 cm³/mol. The number of methoxy groups -OCH3 is 1. The van der Waals surface area contributed by atoms with Crippen LogP contribution in [0.4, 0.5) is 5.69 Å². The van der Waals surface area contributed by atoms with Gasteiger partial charge in [-0.1, -0.05) is 6.92 Å². The van der Waals surface area contributed by atoms with Gasteiger partial charge in [-0.15, -0.1) is 0 Å². The first kappa shape index (κ1) is 14.8. The van der Waals surface area contributed by atoms with E-state index in [1.807, 2.05) is 6.92 Å². The van der Waals surface area contributed by atoms with E-state index in [0.29, 0.717) is 13.0 Å². The molecule has 0 saturated heterocycles. The van der Waals surface area contributed by atoms with Crippen molar-refractivity contribution in [1.29, 1.82) is 0 Å². The second-order valence-electron chi connectivity index (χ2n) is 3.68. The highest BCUT2D eigenvalue weighted by atomic mass is 32.2. The lowest BCUT2D eigenvalue weighted by Gasteiger charge is -2.16. The first-order valence-corrected chi connectivity index (χ1v) is 6.96. The van der Waals surface area contributed by atoms with E-state index in [-0.39, 0.29) is 16.8 Å². The minimum absolute atomic E-state index is 0.123. The van der Waals surface area contributed by atoms with Crippen LogP contribution in [-0.2, 0) is 14.8 Å². The van der Waals surface area contributed by atoms with Crippen molar-refractivity contribution in [1.82, 2.24) is 9.71 Å². The number of aromatic nitrogens is 1. The van der Waals surface area contributed by atoms with Crippen LogP contribution in [0.15, 0.2) is 23.4 Å². The highest BCUT2D eigenvalue weighted by Gasteiger charge is 2.23. The number of hydrogen-bond donors (Lipinski definition) is 3. The maximum absolute atomic E-state index is 12.1. The molecule has 0 bridgehead atoms. The quantitative estimate of drug-likeness (QED) is 0.480. The molecule has 0 aliphatic carbocycles. The van der Waals surface area contributed by atoms with Crippen LogP contribution in [0.3, 0.4) is 0 Å². The molecule has 0 radical (unpaired) electrons. The third kappa shape index (κ3) is 3.64. The summed E-state index contributed by atoms with van der Waals surface area (Å²) in [5.41, 5.74) is 2.56. The molecule has 0 amide bonds. The topological polar surface area (TPSA) is 106 Å². The largest absolute Gasteiger partial charge is 0.383 e. The Bertz CT molecular complexity index is 478. The molecule has 8 heteroatoms. The van der Waals surface area contributed by atoms with Crippen LogP contribution < -0.4 is 16.0 Å². The van der Waals surface area contributed by atoms with Gasteiger partial charge in [0.15, 0.2) is 5.03 Å². The highest BCUT2D eigenvalue weighted by molar-refractivity contribution is 7.89. The molecule has 1 heterocycles. The van der Waals surface area contributed by atoms with Crippen molar-refractivity contribution in [3.8, 4) is 0 Å². The van der Waals surface area contributed by atoms with Gasteiger partial charge in [0, 0.05) is 19.3 Å². The predicted octanol–water partition coefficient (Wildman–Crippen LogP) is 0.0705. The Hall–Kier alpha value is -1.22. The Morgan fingerprint density at radius 2 is 2.28 bits per heavy atom. The van der Waals surface area contributed by atoms with Crippen LogP contribution >= 0.6 is 0 Å². The van der Waals surface area contributed by atoms with Gasteiger partial charge >= 0.3 is 0 Å². The summed E-state index contributed by atoms with van der Waals surface area (Å²) in [7, 11) is -2.20. The molecule has 4 N–H and O–H groups in total. The molecule has 18 heavy (non-hydrogen) atoms. The van der Waals surface area contributed by atoms with E-state index in [9.17, 15) is 8.42 Å². The number of rotatable bonds is 7. The lowest BCUT2D eigenvalue weighted by Crippen LogP contribution is -2.38. The summed E-state index contributed by atoms with van der Waals surface area (Å²) >= 11 is 0. The average molecular weight is 274 g/mol. The van der Waals surface area contributed by atoms with Gasteiger partial charge in [0.25, 0.3) is 10.0 Å². The summed E-state index contributed by atoms with van der Waals surface area (Å²) in [6.07, 6.45) is 2.01. The number of nitrogen functional groups attached to an aromatic ring is 1. The maximum Gasteiger partial charge on any atom is 0.260 e. The average Bonchev–Trinajstić information content (AvgIpc) is 2.38. The van der Waals surface area contributed by atoms with E-state index in [2.05, 4.69) is 15.1 Å². The zero-order valence-electron chi connectivity index (χ0n) is 10.4.